The van der Waals surface area contributed by atoms with E-state index in [9.17, 15) is 9.59 Å². The molecule has 2 aromatic rings. The van der Waals surface area contributed by atoms with Gasteiger partial charge in [0.1, 0.15) is 5.56 Å². The number of aryl methyl sites for hydroxylation is 1. The monoisotopic (exact) mass is 309 g/mol. The van der Waals surface area contributed by atoms with Gasteiger partial charge in [0.05, 0.1) is 11.4 Å². The van der Waals surface area contributed by atoms with E-state index in [0.29, 0.717) is 12.6 Å². The van der Waals surface area contributed by atoms with Crippen molar-refractivity contribution in [2.24, 2.45) is 7.05 Å². The van der Waals surface area contributed by atoms with Gasteiger partial charge < -0.3 is 14.4 Å². The number of anilines is 2. The first-order chi connectivity index (χ1) is 11.2. The van der Waals surface area contributed by atoms with E-state index in [1.165, 1.54) is 17.4 Å². The maximum Gasteiger partial charge on any atom is 0.264 e. The van der Waals surface area contributed by atoms with Gasteiger partial charge in [-0.3, -0.25) is 9.59 Å². The maximum atomic E-state index is 12.9. The molecule has 0 atom stereocenters. The van der Waals surface area contributed by atoms with E-state index < -0.39 is 0 Å². The van der Waals surface area contributed by atoms with Crippen LogP contribution in [0.5, 0.6) is 0 Å². The van der Waals surface area contributed by atoms with Crippen molar-refractivity contribution >= 4 is 17.3 Å². The number of hydrogen-bond acceptors (Lipinski definition) is 3. The minimum Gasteiger partial charge on any atom is -0.365 e. The number of pyridine rings is 1. The number of hydrogen-bond donors (Lipinski definition) is 0. The highest BCUT2D eigenvalue weighted by Gasteiger charge is 2.35. The highest BCUT2D eigenvalue weighted by molar-refractivity contribution is 6.08. The van der Waals surface area contributed by atoms with Gasteiger partial charge in [0.25, 0.3) is 11.5 Å². The molecule has 1 amide bonds. The molecule has 0 unspecified atom stereocenters. The third-order valence-electron chi connectivity index (χ3n) is 4.63. The van der Waals surface area contributed by atoms with E-state index in [-0.39, 0.29) is 17.0 Å². The summed E-state index contributed by atoms with van der Waals surface area (Å²) in [4.78, 5) is 29.3. The van der Waals surface area contributed by atoms with Crippen LogP contribution >= 0.6 is 0 Å². The van der Waals surface area contributed by atoms with Gasteiger partial charge in [-0.05, 0) is 37.1 Å². The van der Waals surface area contributed by atoms with Crippen molar-refractivity contribution in [3.63, 3.8) is 0 Å². The summed E-state index contributed by atoms with van der Waals surface area (Å²) in [7, 11) is 1.66. The second kappa shape index (κ2) is 5.26. The Bertz CT molecular complexity index is 823. The number of benzene rings is 1. The molecule has 1 saturated carbocycles. The van der Waals surface area contributed by atoms with Gasteiger partial charge in [0.15, 0.2) is 0 Å². The van der Waals surface area contributed by atoms with Gasteiger partial charge in [-0.25, -0.2) is 0 Å². The summed E-state index contributed by atoms with van der Waals surface area (Å²) in [6.45, 7) is 1.44. The van der Waals surface area contributed by atoms with Gasteiger partial charge in [0.2, 0.25) is 0 Å². The second-order valence-electron chi connectivity index (χ2n) is 6.21. The maximum absolute atomic E-state index is 12.9. The number of rotatable bonds is 2. The normalized spacial score (nSPS) is 17.1. The first-order valence-electron chi connectivity index (χ1n) is 8.00. The molecule has 23 heavy (non-hydrogen) atoms. The summed E-state index contributed by atoms with van der Waals surface area (Å²) in [5.41, 5.74) is 1.98. The molecule has 2 heterocycles. The Morgan fingerprint density at radius 3 is 2.52 bits per heavy atom. The van der Waals surface area contributed by atoms with E-state index in [2.05, 4.69) is 11.0 Å². The molecule has 5 nitrogen and oxygen atoms in total. The van der Waals surface area contributed by atoms with Crippen LogP contribution in [0.2, 0.25) is 0 Å². The molecule has 0 radical (unpaired) electrons. The standard InChI is InChI=1S/C18H19N3O2/c1-19-10-4-5-14(17(19)22)18(23)21-12-11-20(13-8-9-13)15-6-2-3-7-16(15)21/h2-7,10,13H,8-9,11-12H2,1H3. The van der Waals surface area contributed by atoms with Crippen molar-refractivity contribution in [3.8, 4) is 0 Å². The minimum atomic E-state index is -0.250. The van der Waals surface area contributed by atoms with Gasteiger partial charge in [-0.1, -0.05) is 12.1 Å². The van der Waals surface area contributed by atoms with Crippen LogP contribution in [0.1, 0.15) is 23.2 Å². The molecule has 0 bridgehead atoms. The van der Waals surface area contributed by atoms with Crippen molar-refractivity contribution in [3.05, 3.63) is 58.5 Å². The van der Waals surface area contributed by atoms with Gasteiger partial charge in [0, 0.05) is 32.4 Å². The van der Waals surface area contributed by atoms with Crippen LogP contribution in [0, 0.1) is 0 Å². The highest BCUT2D eigenvalue weighted by atomic mass is 16.2. The van der Waals surface area contributed by atoms with Crippen LogP contribution in [0.15, 0.2) is 47.4 Å². The molecular weight excluding hydrogens is 290 g/mol. The summed E-state index contributed by atoms with van der Waals surface area (Å²) in [5, 5.41) is 0. The number of para-hydroxylation sites is 2. The number of nitrogens with zero attached hydrogens (tertiary/aromatic N) is 3. The molecule has 2 aliphatic rings. The molecule has 0 N–H and O–H groups in total. The summed E-state index contributed by atoms with van der Waals surface area (Å²) in [6, 6.07) is 11.9. The first-order valence-corrected chi connectivity index (χ1v) is 8.00. The zero-order valence-corrected chi connectivity index (χ0v) is 13.1. The summed E-state index contributed by atoms with van der Waals surface area (Å²) in [6.07, 6.45) is 4.11. The lowest BCUT2D eigenvalue weighted by Crippen LogP contribution is -2.46. The van der Waals surface area contributed by atoms with Gasteiger partial charge in [-0.15, -0.1) is 0 Å². The lowest BCUT2D eigenvalue weighted by molar-refractivity contribution is 0.0984. The molecule has 1 aliphatic heterocycles. The summed E-state index contributed by atoms with van der Waals surface area (Å²) >= 11 is 0. The topological polar surface area (TPSA) is 45.6 Å². The third-order valence-corrected chi connectivity index (χ3v) is 4.63. The smallest absolute Gasteiger partial charge is 0.264 e. The van der Waals surface area contributed by atoms with Crippen molar-refractivity contribution in [1.82, 2.24) is 4.57 Å². The summed E-state index contributed by atoms with van der Waals surface area (Å²) < 4.78 is 1.44. The summed E-state index contributed by atoms with van der Waals surface area (Å²) in [5.74, 6) is -0.214. The van der Waals surface area contributed by atoms with Crippen LogP contribution in [0.4, 0.5) is 11.4 Å². The van der Waals surface area contributed by atoms with Crippen molar-refractivity contribution < 1.29 is 4.79 Å². The Hall–Kier alpha value is -2.56. The number of carbonyl (C=O) groups excluding carboxylic acids is 1. The quantitative estimate of drug-likeness (QED) is 0.852. The predicted octanol–water partition coefficient (Wildman–Crippen LogP) is 2.01. The SMILES string of the molecule is Cn1cccc(C(=O)N2CCN(C3CC3)c3ccccc32)c1=O. The molecule has 1 fully saturated rings. The number of aromatic nitrogens is 1. The lowest BCUT2D eigenvalue weighted by Gasteiger charge is -2.38. The molecule has 1 aromatic heterocycles. The van der Waals surface area contributed by atoms with Crippen LogP contribution in [-0.2, 0) is 7.05 Å². The van der Waals surface area contributed by atoms with E-state index in [1.807, 2.05) is 18.2 Å². The number of fused-ring (bicyclic) bond motifs is 1. The van der Waals surface area contributed by atoms with E-state index in [1.54, 1.807) is 30.3 Å². The van der Waals surface area contributed by atoms with Crippen molar-refractivity contribution in [2.45, 2.75) is 18.9 Å². The van der Waals surface area contributed by atoms with Crippen LogP contribution in [0.3, 0.4) is 0 Å². The molecule has 5 heteroatoms. The average Bonchev–Trinajstić information content (AvgIpc) is 3.41. The molecule has 118 valence electrons. The molecule has 1 aromatic carbocycles. The van der Waals surface area contributed by atoms with Gasteiger partial charge >= 0.3 is 0 Å². The van der Waals surface area contributed by atoms with Crippen LogP contribution in [0.25, 0.3) is 0 Å². The van der Waals surface area contributed by atoms with Crippen molar-refractivity contribution in [2.75, 3.05) is 22.9 Å². The first kappa shape index (κ1) is 14.1. The fourth-order valence-corrected chi connectivity index (χ4v) is 3.27. The molecule has 0 spiro atoms. The van der Waals surface area contributed by atoms with Crippen LogP contribution in [-0.4, -0.2) is 29.6 Å². The van der Waals surface area contributed by atoms with E-state index >= 15 is 0 Å². The number of amides is 1. The predicted molar refractivity (Wildman–Crippen MR) is 90.2 cm³/mol. The Labute approximate surface area is 134 Å². The van der Waals surface area contributed by atoms with E-state index in [0.717, 1.165) is 17.9 Å². The molecule has 0 saturated heterocycles. The lowest BCUT2D eigenvalue weighted by atomic mass is 10.1. The Kier molecular flexibility index (Phi) is 3.22. The molecule has 1 aliphatic carbocycles. The molecular formula is C18H19N3O2. The minimum absolute atomic E-state index is 0.214. The largest absolute Gasteiger partial charge is 0.365 e. The third kappa shape index (κ3) is 2.32. The Morgan fingerprint density at radius 2 is 1.78 bits per heavy atom. The van der Waals surface area contributed by atoms with Gasteiger partial charge in [-0.2, -0.15) is 0 Å². The van der Waals surface area contributed by atoms with Crippen molar-refractivity contribution in [1.29, 1.82) is 0 Å². The van der Waals surface area contributed by atoms with Crippen LogP contribution < -0.4 is 15.4 Å². The number of carbonyl (C=O) groups is 1. The fourth-order valence-electron chi connectivity index (χ4n) is 3.27. The van der Waals surface area contributed by atoms with E-state index in [4.69, 9.17) is 0 Å². The fraction of sp³-hybridized carbons (Fsp3) is 0.333. The average molecular weight is 309 g/mol. The molecule has 4 rings (SSSR count). The second-order valence-corrected chi connectivity index (χ2v) is 6.21. The Balaban J connectivity index is 1.74. The highest BCUT2D eigenvalue weighted by Crippen LogP contribution is 2.40. The Morgan fingerprint density at radius 1 is 1.04 bits per heavy atom. The zero-order chi connectivity index (χ0) is 16.0. The zero-order valence-electron chi connectivity index (χ0n) is 13.1.